The van der Waals surface area contributed by atoms with Crippen molar-refractivity contribution < 1.29 is 9.59 Å². The van der Waals surface area contributed by atoms with Gasteiger partial charge >= 0.3 is 0 Å². The molecule has 0 spiro atoms. The zero-order valence-corrected chi connectivity index (χ0v) is 19.9. The van der Waals surface area contributed by atoms with E-state index in [-0.39, 0.29) is 11.8 Å². The first kappa shape index (κ1) is 22.8. The van der Waals surface area contributed by atoms with Crippen molar-refractivity contribution in [1.82, 2.24) is 19.4 Å². The molecule has 2 aromatic heterocycles. The number of nitrogens with one attached hydrogen (secondary N) is 1. The Labute approximate surface area is 204 Å². The van der Waals surface area contributed by atoms with Crippen molar-refractivity contribution in [3.8, 4) is 0 Å². The lowest BCUT2D eigenvalue weighted by Crippen LogP contribution is -2.29. The molecule has 0 aliphatic heterocycles. The molecule has 1 aliphatic carbocycles. The first-order chi connectivity index (χ1) is 17.1. The minimum absolute atomic E-state index is 0.0958. The van der Waals surface area contributed by atoms with Crippen LogP contribution in [0.3, 0.4) is 0 Å². The van der Waals surface area contributed by atoms with E-state index in [1.54, 1.807) is 29.3 Å². The van der Waals surface area contributed by atoms with E-state index >= 15 is 0 Å². The van der Waals surface area contributed by atoms with Crippen LogP contribution in [0.15, 0.2) is 73.2 Å². The van der Waals surface area contributed by atoms with E-state index in [1.165, 1.54) is 12.8 Å². The highest BCUT2D eigenvalue weighted by atomic mass is 16.2. The molecule has 2 heterocycles. The molecule has 7 heteroatoms. The average Bonchev–Trinajstić information content (AvgIpc) is 3.57. The summed E-state index contributed by atoms with van der Waals surface area (Å²) in [5.41, 5.74) is 4.17. The Kier molecular flexibility index (Phi) is 6.57. The van der Waals surface area contributed by atoms with Crippen LogP contribution < -0.4 is 5.32 Å². The highest BCUT2D eigenvalue weighted by Gasteiger charge is 2.25. The van der Waals surface area contributed by atoms with E-state index in [4.69, 9.17) is 0 Å². The Balaban J connectivity index is 1.47. The number of hydrogen-bond acceptors (Lipinski definition) is 4. The molecule has 0 atom stereocenters. The number of amides is 2. The van der Waals surface area contributed by atoms with Crippen molar-refractivity contribution in [1.29, 1.82) is 0 Å². The first-order valence-electron chi connectivity index (χ1n) is 12.1. The Morgan fingerprint density at radius 2 is 1.80 bits per heavy atom. The number of imidazole rings is 1. The molecular formula is C28H29N5O2. The molecule has 0 saturated heterocycles. The average molecular weight is 468 g/mol. The van der Waals surface area contributed by atoms with Crippen molar-refractivity contribution in [2.24, 2.45) is 0 Å². The number of pyridine rings is 1. The Bertz CT molecular complexity index is 1330. The normalized spacial score (nSPS) is 13.7. The van der Waals surface area contributed by atoms with E-state index in [9.17, 15) is 9.59 Å². The quantitative estimate of drug-likeness (QED) is 0.409. The fourth-order valence-corrected chi connectivity index (χ4v) is 4.79. The van der Waals surface area contributed by atoms with Crippen LogP contribution in [0.2, 0.25) is 0 Å². The summed E-state index contributed by atoms with van der Waals surface area (Å²) in [5, 5.41) is 2.95. The zero-order valence-electron chi connectivity index (χ0n) is 19.9. The van der Waals surface area contributed by atoms with Crippen molar-refractivity contribution in [3.63, 3.8) is 0 Å². The van der Waals surface area contributed by atoms with Crippen molar-refractivity contribution >= 4 is 28.5 Å². The summed E-state index contributed by atoms with van der Waals surface area (Å²) >= 11 is 0. The van der Waals surface area contributed by atoms with Gasteiger partial charge in [-0.05, 0) is 49.2 Å². The zero-order chi connectivity index (χ0) is 24.2. The van der Waals surface area contributed by atoms with Crippen molar-refractivity contribution in [3.05, 3.63) is 90.0 Å². The number of anilines is 1. The lowest BCUT2D eigenvalue weighted by molar-refractivity contribution is 0.0797. The minimum Gasteiger partial charge on any atom is -0.341 e. The van der Waals surface area contributed by atoms with Crippen LogP contribution in [0, 0.1) is 0 Å². The number of rotatable bonds is 7. The molecule has 35 heavy (non-hydrogen) atoms. The summed E-state index contributed by atoms with van der Waals surface area (Å²) < 4.78 is 2.16. The van der Waals surface area contributed by atoms with Gasteiger partial charge in [0.25, 0.3) is 11.8 Å². The molecule has 1 aliphatic rings. The largest absolute Gasteiger partial charge is 0.341 e. The molecule has 1 saturated carbocycles. The maximum absolute atomic E-state index is 13.7. The maximum atomic E-state index is 13.7. The summed E-state index contributed by atoms with van der Waals surface area (Å²) in [6, 6.07) is 18.8. The lowest BCUT2D eigenvalue weighted by Gasteiger charge is -2.20. The van der Waals surface area contributed by atoms with Crippen LogP contribution in [0.1, 0.15) is 58.1 Å². The number of fused-ring (bicyclic) bond motifs is 1. The van der Waals surface area contributed by atoms with Gasteiger partial charge in [0.15, 0.2) is 0 Å². The van der Waals surface area contributed by atoms with E-state index in [0.29, 0.717) is 41.3 Å². The topological polar surface area (TPSA) is 80.1 Å². The molecule has 1 N–H and O–H groups in total. The minimum atomic E-state index is -0.220. The van der Waals surface area contributed by atoms with E-state index < -0.39 is 0 Å². The van der Waals surface area contributed by atoms with Gasteiger partial charge in [-0.1, -0.05) is 37.1 Å². The summed E-state index contributed by atoms with van der Waals surface area (Å²) in [6.07, 6.45) is 8.81. The second-order valence-electron chi connectivity index (χ2n) is 9.10. The van der Waals surface area contributed by atoms with E-state index in [1.807, 2.05) is 55.8 Å². The Morgan fingerprint density at radius 3 is 2.54 bits per heavy atom. The molecule has 2 aromatic carbocycles. The standard InChI is InChI=1S/C28H29N5O2/c1-32(16-14-21-11-7-8-15-29-21)28(35)24-17-22(31-27(34)20-9-3-2-4-10-20)18-25-26(24)33(19-30-25)23-12-5-6-13-23/h2-4,7-11,15,17-19,23H,5-6,12-14,16H2,1H3,(H,31,34). The molecular weight excluding hydrogens is 438 g/mol. The molecule has 7 nitrogen and oxygen atoms in total. The van der Waals surface area contributed by atoms with Gasteiger partial charge in [-0.2, -0.15) is 0 Å². The predicted octanol–water partition coefficient (Wildman–Crippen LogP) is 5.11. The third kappa shape index (κ3) is 4.94. The van der Waals surface area contributed by atoms with Gasteiger partial charge in [0, 0.05) is 49.2 Å². The van der Waals surface area contributed by atoms with Gasteiger partial charge in [-0.25, -0.2) is 4.98 Å². The van der Waals surface area contributed by atoms with Crippen LogP contribution in [0.25, 0.3) is 11.0 Å². The fourth-order valence-electron chi connectivity index (χ4n) is 4.79. The second-order valence-corrected chi connectivity index (χ2v) is 9.10. The molecule has 5 rings (SSSR count). The monoisotopic (exact) mass is 467 g/mol. The molecule has 178 valence electrons. The van der Waals surface area contributed by atoms with Gasteiger partial charge < -0.3 is 14.8 Å². The van der Waals surface area contributed by atoms with Gasteiger partial charge in [-0.15, -0.1) is 0 Å². The number of aromatic nitrogens is 3. The van der Waals surface area contributed by atoms with E-state index in [2.05, 4.69) is 19.9 Å². The van der Waals surface area contributed by atoms with Crippen LogP contribution in [0.5, 0.6) is 0 Å². The van der Waals surface area contributed by atoms with Crippen LogP contribution in [-0.4, -0.2) is 44.8 Å². The molecule has 0 bridgehead atoms. The molecule has 0 radical (unpaired) electrons. The summed E-state index contributed by atoms with van der Waals surface area (Å²) in [4.78, 5) is 37.2. The number of benzene rings is 2. The first-order valence-corrected chi connectivity index (χ1v) is 12.1. The Hall–Kier alpha value is -4.00. The van der Waals surface area contributed by atoms with Gasteiger partial charge in [0.05, 0.1) is 22.9 Å². The van der Waals surface area contributed by atoms with Crippen LogP contribution >= 0.6 is 0 Å². The van der Waals surface area contributed by atoms with Crippen molar-refractivity contribution in [2.45, 2.75) is 38.1 Å². The highest BCUT2D eigenvalue weighted by molar-refractivity contribution is 6.09. The Morgan fingerprint density at radius 1 is 1.03 bits per heavy atom. The van der Waals surface area contributed by atoms with Crippen LogP contribution in [0.4, 0.5) is 5.69 Å². The molecule has 4 aromatic rings. The SMILES string of the molecule is CN(CCc1ccccn1)C(=O)c1cc(NC(=O)c2ccccc2)cc2ncn(C3CCCC3)c12. The predicted molar refractivity (Wildman–Crippen MR) is 137 cm³/mol. The lowest BCUT2D eigenvalue weighted by atomic mass is 10.1. The summed E-state index contributed by atoms with van der Waals surface area (Å²) in [6.45, 7) is 0.537. The smallest absolute Gasteiger partial charge is 0.255 e. The maximum Gasteiger partial charge on any atom is 0.255 e. The molecule has 0 unspecified atom stereocenters. The van der Waals surface area contributed by atoms with Gasteiger partial charge in [0.2, 0.25) is 0 Å². The van der Waals surface area contributed by atoms with Gasteiger partial charge in [0.1, 0.15) is 0 Å². The summed E-state index contributed by atoms with van der Waals surface area (Å²) in [5.74, 6) is -0.316. The number of hydrogen-bond donors (Lipinski definition) is 1. The second kappa shape index (κ2) is 10.1. The van der Waals surface area contributed by atoms with Gasteiger partial charge in [-0.3, -0.25) is 14.6 Å². The van der Waals surface area contributed by atoms with Crippen LogP contribution in [-0.2, 0) is 6.42 Å². The molecule has 1 fully saturated rings. The van der Waals surface area contributed by atoms with Crippen molar-refractivity contribution in [2.75, 3.05) is 18.9 Å². The fraction of sp³-hybridized carbons (Fsp3) is 0.286. The number of nitrogens with zero attached hydrogens (tertiary/aromatic N) is 4. The third-order valence-corrected chi connectivity index (χ3v) is 6.69. The third-order valence-electron chi connectivity index (χ3n) is 6.69. The highest BCUT2D eigenvalue weighted by Crippen LogP contribution is 2.34. The number of carbonyl (C=O) groups is 2. The number of likely N-dealkylation sites (N-methyl/N-ethyl adjacent to an activating group) is 1. The number of carbonyl (C=O) groups excluding carboxylic acids is 2. The van der Waals surface area contributed by atoms with E-state index in [0.717, 1.165) is 24.1 Å². The summed E-state index contributed by atoms with van der Waals surface area (Å²) in [7, 11) is 1.81. The molecule has 2 amide bonds.